The van der Waals surface area contributed by atoms with Crippen molar-refractivity contribution in [3.05, 3.63) is 58.4 Å². The van der Waals surface area contributed by atoms with Crippen molar-refractivity contribution in [2.45, 2.75) is 63.1 Å². The Hall–Kier alpha value is -2.82. The van der Waals surface area contributed by atoms with Gasteiger partial charge in [-0.1, -0.05) is 12.1 Å². The number of benzene rings is 1. The van der Waals surface area contributed by atoms with Crippen LogP contribution in [-0.4, -0.2) is 48.5 Å². The van der Waals surface area contributed by atoms with Crippen molar-refractivity contribution >= 4 is 11.6 Å². The second-order valence-corrected chi connectivity index (χ2v) is 9.61. The lowest BCUT2D eigenvalue weighted by Gasteiger charge is -2.36. The minimum Gasteiger partial charge on any atom is -0.371 e. The first kappa shape index (κ1) is 26.2. The zero-order valence-corrected chi connectivity index (χ0v) is 20.0. The monoisotopic (exact) mass is 514 g/mol. The van der Waals surface area contributed by atoms with E-state index in [0.717, 1.165) is 30.6 Å². The van der Waals surface area contributed by atoms with E-state index in [2.05, 4.69) is 15.2 Å². The quantitative estimate of drug-likeness (QED) is 0.564. The third kappa shape index (κ3) is 5.77. The summed E-state index contributed by atoms with van der Waals surface area (Å²) >= 11 is 0. The topological polar surface area (TPSA) is 48.5 Å². The number of fused-ring (bicyclic) bond motifs is 1. The minimum absolute atomic E-state index is 0.113. The number of hydrogen-bond acceptors (Lipinski definition) is 4. The van der Waals surface area contributed by atoms with Crippen molar-refractivity contribution < 1.29 is 31.1 Å². The van der Waals surface area contributed by atoms with Crippen molar-refractivity contribution in [2.24, 2.45) is 0 Å². The van der Waals surface area contributed by atoms with Gasteiger partial charge in [-0.05, 0) is 68.5 Å². The summed E-state index contributed by atoms with van der Waals surface area (Å²) in [6.07, 6.45) is -7.02. The molecule has 1 aromatic heterocycles. The van der Waals surface area contributed by atoms with E-state index in [4.69, 9.17) is 0 Å². The van der Waals surface area contributed by atoms with Crippen molar-refractivity contribution in [2.75, 3.05) is 25.5 Å². The third-order valence-corrected chi connectivity index (χ3v) is 7.08. The zero-order valence-electron chi connectivity index (χ0n) is 20.0. The molecule has 1 amide bonds. The molecule has 0 saturated heterocycles. The molecule has 0 unspecified atom stereocenters. The number of alkyl halides is 6. The van der Waals surface area contributed by atoms with E-state index in [1.165, 1.54) is 11.9 Å². The van der Waals surface area contributed by atoms with Crippen LogP contribution in [0.5, 0.6) is 0 Å². The number of carbonyl (C=O) groups is 1. The molecule has 1 aliphatic heterocycles. The van der Waals surface area contributed by atoms with Crippen molar-refractivity contribution in [1.82, 2.24) is 15.2 Å². The molecule has 4 rings (SSSR count). The van der Waals surface area contributed by atoms with Crippen molar-refractivity contribution in [3.63, 3.8) is 0 Å². The standard InChI is InChI=1S/C25H28F6N4O/c1-34-11-10-19-15(14-34)4-3-5-20(19)23(36)32-16-6-8-17(9-7-16)35(2)18-12-21(24(26,27)28)33-22(13-18)25(29,30)31/h3-5,12-13,16-17H,6-11,14H2,1-2H3,(H,32,36). The van der Waals surface area contributed by atoms with Crippen LogP contribution in [0.25, 0.3) is 0 Å². The van der Waals surface area contributed by atoms with Gasteiger partial charge in [0.1, 0.15) is 11.4 Å². The SMILES string of the molecule is CN1CCc2c(cccc2C(=O)NC2CCC(N(C)c3cc(C(F)(F)F)nc(C(F)(F)F)c3)CC2)C1. The number of nitrogens with one attached hydrogen (secondary N) is 1. The maximum atomic E-state index is 13.2. The van der Waals surface area contributed by atoms with E-state index in [1.807, 2.05) is 25.2 Å². The summed E-state index contributed by atoms with van der Waals surface area (Å²) in [4.78, 5) is 19.4. The lowest BCUT2D eigenvalue weighted by Crippen LogP contribution is -2.43. The molecule has 196 valence electrons. The van der Waals surface area contributed by atoms with Crippen molar-refractivity contribution in [1.29, 1.82) is 0 Å². The van der Waals surface area contributed by atoms with Crippen LogP contribution in [0.3, 0.4) is 0 Å². The second kappa shape index (κ2) is 9.91. The van der Waals surface area contributed by atoms with E-state index in [9.17, 15) is 31.1 Å². The molecule has 5 nitrogen and oxygen atoms in total. The molecule has 2 heterocycles. The summed E-state index contributed by atoms with van der Waals surface area (Å²) in [5.41, 5.74) is -0.472. The molecular formula is C25H28F6N4O. The van der Waals surface area contributed by atoms with Crippen LogP contribution in [0.2, 0.25) is 0 Å². The van der Waals surface area contributed by atoms with Crippen LogP contribution in [0.15, 0.2) is 30.3 Å². The number of likely N-dealkylation sites (N-methyl/N-ethyl adjacent to an activating group) is 1. The Balaban J connectivity index is 1.42. The number of nitrogens with zero attached hydrogens (tertiary/aromatic N) is 3. The number of halogens is 6. The van der Waals surface area contributed by atoms with Gasteiger partial charge >= 0.3 is 12.4 Å². The number of rotatable bonds is 4. The molecule has 0 spiro atoms. The van der Waals surface area contributed by atoms with Gasteiger partial charge in [-0.2, -0.15) is 26.3 Å². The molecule has 1 aromatic carbocycles. The summed E-state index contributed by atoms with van der Waals surface area (Å²) in [6, 6.07) is 6.64. The lowest BCUT2D eigenvalue weighted by molar-refractivity contribution is -0.150. The van der Waals surface area contributed by atoms with Crippen LogP contribution in [0, 0.1) is 0 Å². The number of aromatic nitrogens is 1. The van der Waals surface area contributed by atoms with Gasteiger partial charge in [0.05, 0.1) is 0 Å². The van der Waals surface area contributed by atoms with Gasteiger partial charge in [-0.15, -0.1) is 0 Å². The number of anilines is 1. The summed E-state index contributed by atoms with van der Waals surface area (Å²) in [7, 11) is 3.53. The molecule has 36 heavy (non-hydrogen) atoms. The number of pyridine rings is 1. The normalized spacial score (nSPS) is 21.1. The number of carbonyl (C=O) groups excluding carboxylic acids is 1. The molecule has 1 aliphatic carbocycles. The fraction of sp³-hybridized carbons (Fsp3) is 0.520. The summed E-state index contributed by atoms with van der Waals surface area (Å²) in [5, 5.41) is 3.08. The number of amides is 1. The first-order chi connectivity index (χ1) is 16.8. The fourth-order valence-electron chi connectivity index (χ4n) is 5.05. The molecule has 0 atom stereocenters. The van der Waals surface area contributed by atoms with Gasteiger partial charge in [0.15, 0.2) is 0 Å². The van der Waals surface area contributed by atoms with E-state index in [1.54, 1.807) is 0 Å². The van der Waals surface area contributed by atoms with Gasteiger partial charge in [-0.3, -0.25) is 4.79 Å². The third-order valence-electron chi connectivity index (χ3n) is 7.08. The molecule has 0 radical (unpaired) electrons. The van der Waals surface area contributed by atoms with Crippen LogP contribution < -0.4 is 10.2 Å². The predicted octanol–water partition coefficient (Wildman–Crippen LogP) is 5.28. The van der Waals surface area contributed by atoms with E-state index in [0.29, 0.717) is 43.4 Å². The Morgan fingerprint density at radius 2 is 1.64 bits per heavy atom. The molecule has 1 saturated carbocycles. The van der Waals surface area contributed by atoms with Crippen molar-refractivity contribution in [3.8, 4) is 0 Å². The molecule has 1 N–H and O–H groups in total. The Labute approximate surface area is 205 Å². The molecule has 1 fully saturated rings. The zero-order chi connectivity index (χ0) is 26.3. The highest BCUT2D eigenvalue weighted by Crippen LogP contribution is 2.37. The maximum absolute atomic E-state index is 13.2. The van der Waals surface area contributed by atoms with E-state index >= 15 is 0 Å². The summed E-state index contributed by atoms with van der Waals surface area (Å²) < 4.78 is 79.1. The van der Waals surface area contributed by atoms with Gasteiger partial charge in [0, 0.05) is 43.5 Å². The van der Waals surface area contributed by atoms with Gasteiger partial charge in [-0.25, -0.2) is 4.98 Å². The molecule has 2 aliphatic rings. The summed E-state index contributed by atoms with van der Waals surface area (Å²) in [6.45, 7) is 1.66. The van der Waals surface area contributed by atoms with Crippen LogP contribution in [0.1, 0.15) is 58.6 Å². The average Bonchev–Trinajstić information content (AvgIpc) is 2.82. The molecule has 0 bridgehead atoms. The highest BCUT2D eigenvalue weighted by atomic mass is 19.4. The Bertz CT molecular complexity index is 1080. The molecule has 11 heteroatoms. The van der Waals surface area contributed by atoms with Crippen LogP contribution >= 0.6 is 0 Å². The summed E-state index contributed by atoms with van der Waals surface area (Å²) in [5.74, 6) is -0.146. The largest absolute Gasteiger partial charge is 0.433 e. The van der Waals surface area contributed by atoms with E-state index in [-0.39, 0.29) is 23.7 Å². The second-order valence-electron chi connectivity index (χ2n) is 9.61. The first-order valence-corrected chi connectivity index (χ1v) is 11.8. The van der Waals surface area contributed by atoms with Crippen LogP contribution in [0.4, 0.5) is 32.0 Å². The van der Waals surface area contributed by atoms with Crippen LogP contribution in [-0.2, 0) is 25.3 Å². The predicted molar refractivity (Wildman–Crippen MR) is 123 cm³/mol. The lowest BCUT2D eigenvalue weighted by atomic mass is 9.89. The molecular weight excluding hydrogens is 486 g/mol. The fourth-order valence-corrected chi connectivity index (χ4v) is 5.05. The number of hydrogen-bond donors (Lipinski definition) is 1. The van der Waals surface area contributed by atoms with E-state index < -0.39 is 23.7 Å². The van der Waals surface area contributed by atoms with Gasteiger partial charge < -0.3 is 15.1 Å². The smallest absolute Gasteiger partial charge is 0.371 e. The first-order valence-electron chi connectivity index (χ1n) is 11.8. The van der Waals surface area contributed by atoms with Gasteiger partial charge in [0.2, 0.25) is 0 Å². The van der Waals surface area contributed by atoms with Gasteiger partial charge in [0.25, 0.3) is 5.91 Å². The minimum atomic E-state index is -5.00. The Morgan fingerprint density at radius 3 is 2.22 bits per heavy atom. The average molecular weight is 515 g/mol. The highest BCUT2D eigenvalue weighted by molar-refractivity contribution is 5.96. The molecule has 2 aromatic rings. The highest BCUT2D eigenvalue weighted by Gasteiger charge is 2.39. The Kier molecular flexibility index (Phi) is 7.23. The maximum Gasteiger partial charge on any atom is 0.433 e. The Morgan fingerprint density at radius 1 is 1.03 bits per heavy atom.